The maximum absolute atomic E-state index is 13.5. The third kappa shape index (κ3) is 2.54. The minimum atomic E-state index is -0.478. The molecule has 0 radical (unpaired) electrons. The van der Waals surface area contributed by atoms with Gasteiger partial charge in [0.2, 0.25) is 0 Å². The number of hydrogen-bond acceptors (Lipinski definition) is 4. The van der Waals surface area contributed by atoms with Gasteiger partial charge in [-0.05, 0) is 48.4 Å². The lowest BCUT2D eigenvalue weighted by Gasteiger charge is -2.11. The lowest BCUT2D eigenvalue weighted by atomic mass is 9.99. The van der Waals surface area contributed by atoms with Crippen LogP contribution < -0.4 is 15.1 Å². The molecule has 1 aromatic heterocycles. The highest BCUT2D eigenvalue weighted by molar-refractivity contribution is 5.87. The van der Waals surface area contributed by atoms with Crippen molar-refractivity contribution in [3.05, 3.63) is 58.2 Å². The van der Waals surface area contributed by atoms with E-state index in [1.807, 2.05) is 0 Å². The van der Waals surface area contributed by atoms with E-state index in [1.54, 1.807) is 25.1 Å². The molecule has 0 atom stereocenters. The molecule has 0 spiro atoms. The smallest absolute Gasteiger partial charge is 0.344 e. The average Bonchev–Trinajstić information content (AvgIpc) is 2.55. The highest BCUT2D eigenvalue weighted by atomic mass is 19.1. The zero-order chi connectivity index (χ0) is 16.6. The Kier molecular flexibility index (Phi) is 3.78. The molecule has 0 N–H and O–H groups in total. The molecule has 0 aliphatic carbocycles. The van der Waals surface area contributed by atoms with Crippen LogP contribution in [0.3, 0.4) is 0 Å². The summed E-state index contributed by atoms with van der Waals surface area (Å²) >= 11 is 0. The lowest BCUT2D eigenvalue weighted by Crippen LogP contribution is -2.06. The Morgan fingerprint density at radius 1 is 1.00 bits per heavy atom. The number of fused-ring (bicyclic) bond motifs is 1. The van der Waals surface area contributed by atoms with Crippen molar-refractivity contribution in [2.24, 2.45) is 0 Å². The number of aryl methyl sites for hydroxylation is 1. The molecule has 5 heteroatoms. The summed E-state index contributed by atoms with van der Waals surface area (Å²) in [6.07, 6.45) is 0. The van der Waals surface area contributed by atoms with Crippen molar-refractivity contribution in [2.45, 2.75) is 6.92 Å². The first-order valence-corrected chi connectivity index (χ1v) is 7.00. The van der Waals surface area contributed by atoms with Gasteiger partial charge in [-0.15, -0.1) is 0 Å². The van der Waals surface area contributed by atoms with E-state index in [-0.39, 0.29) is 5.82 Å². The molecule has 1 heterocycles. The zero-order valence-electron chi connectivity index (χ0n) is 13.0. The van der Waals surface area contributed by atoms with Gasteiger partial charge in [-0.2, -0.15) is 0 Å². The predicted molar refractivity (Wildman–Crippen MR) is 85.7 cm³/mol. The Morgan fingerprint density at radius 2 is 1.74 bits per heavy atom. The fourth-order valence-electron chi connectivity index (χ4n) is 2.65. The van der Waals surface area contributed by atoms with Crippen LogP contribution in [-0.4, -0.2) is 14.2 Å². The van der Waals surface area contributed by atoms with Gasteiger partial charge in [0.15, 0.2) is 11.5 Å². The lowest BCUT2D eigenvalue weighted by molar-refractivity contribution is 0.355. The van der Waals surface area contributed by atoms with Crippen LogP contribution in [0.5, 0.6) is 11.5 Å². The molecule has 0 unspecified atom stereocenters. The molecule has 0 saturated heterocycles. The second-order valence-corrected chi connectivity index (χ2v) is 5.10. The van der Waals surface area contributed by atoms with E-state index in [1.165, 1.54) is 32.4 Å². The van der Waals surface area contributed by atoms with Crippen LogP contribution in [0, 0.1) is 12.7 Å². The molecule has 0 fully saturated rings. The summed E-state index contributed by atoms with van der Waals surface area (Å²) in [4.78, 5) is 12.4. The van der Waals surface area contributed by atoms with Gasteiger partial charge in [-0.1, -0.05) is 6.07 Å². The number of ether oxygens (including phenoxy) is 2. The van der Waals surface area contributed by atoms with Gasteiger partial charge in [0.25, 0.3) is 0 Å². The van der Waals surface area contributed by atoms with E-state index in [2.05, 4.69) is 0 Å². The van der Waals surface area contributed by atoms with E-state index in [0.29, 0.717) is 39.2 Å². The average molecular weight is 314 g/mol. The maximum Gasteiger partial charge on any atom is 0.344 e. The summed E-state index contributed by atoms with van der Waals surface area (Å²) in [5, 5.41) is 0.564. The Labute approximate surface area is 132 Å². The number of rotatable bonds is 3. The van der Waals surface area contributed by atoms with Gasteiger partial charge in [0.05, 0.1) is 19.8 Å². The van der Waals surface area contributed by atoms with E-state index < -0.39 is 5.63 Å². The molecular weight excluding hydrogens is 299 g/mol. The molecule has 2 aromatic carbocycles. The monoisotopic (exact) mass is 314 g/mol. The highest BCUT2D eigenvalue weighted by Crippen LogP contribution is 2.34. The number of halogens is 1. The van der Waals surface area contributed by atoms with Gasteiger partial charge in [-0.25, -0.2) is 9.18 Å². The van der Waals surface area contributed by atoms with Crippen molar-refractivity contribution >= 4 is 11.0 Å². The third-order valence-corrected chi connectivity index (χ3v) is 3.80. The molecule has 0 amide bonds. The van der Waals surface area contributed by atoms with Gasteiger partial charge in [0, 0.05) is 5.39 Å². The molecular formula is C18H15FO4. The fraction of sp³-hybridized carbons (Fsp3) is 0.167. The minimum absolute atomic E-state index is 0.359. The van der Waals surface area contributed by atoms with Crippen molar-refractivity contribution in [3.63, 3.8) is 0 Å². The quantitative estimate of drug-likeness (QED) is 0.687. The highest BCUT2D eigenvalue weighted by Gasteiger charge is 2.16. The van der Waals surface area contributed by atoms with Crippen molar-refractivity contribution in [1.29, 1.82) is 0 Å². The second-order valence-electron chi connectivity index (χ2n) is 5.10. The molecule has 0 aliphatic heterocycles. The summed E-state index contributed by atoms with van der Waals surface area (Å²) < 4.78 is 29.3. The molecule has 23 heavy (non-hydrogen) atoms. The first-order valence-electron chi connectivity index (χ1n) is 7.00. The molecule has 0 aliphatic rings. The predicted octanol–water partition coefficient (Wildman–Crippen LogP) is 3.92. The third-order valence-electron chi connectivity index (χ3n) is 3.80. The molecule has 3 rings (SSSR count). The minimum Gasteiger partial charge on any atom is -0.493 e. The van der Waals surface area contributed by atoms with Crippen molar-refractivity contribution in [1.82, 2.24) is 0 Å². The zero-order valence-corrected chi connectivity index (χ0v) is 13.0. The van der Waals surface area contributed by atoms with E-state index in [4.69, 9.17) is 13.9 Å². The second kappa shape index (κ2) is 5.76. The maximum atomic E-state index is 13.5. The van der Waals surface area contributed by atoms with Crippen LogP contribution >= 0.6 is 0 Å². The molecule has 4 nitrogen and oxygen atoms in total. The summed E-state index contributed by atoms with van der Waals surface area (Å²) in [5.41, 5.74) is 1.54. The topological polar surface area (TPSA) is 48.7 Å². The summed E-state index contributed by atoms with van der Waals surface area (Å²) in [6, 6.07) is 9.23. The van der Waals surface area contributed by atoms with Crippen LogP contribution in [0.15, 0.2) is 45.6 Å². The van der Waals surface area contributed by atoms with Crippen LogP contribution in [-0.2, 0) is 0 Å². The van der Waals surface area contributed by atoms with Crippen molar-refractivity contribution in [3.8, 4) is 22.6 Å². The van der Waals surface area contributed by atoms with Crippen LogP contribution in [0.25, 0.3) is 22.1 Å². The fourth-order valence-corrected chi connectivity index (χ4v) is 2.65. The van der Waals surface area contributed by atoms with E-state index in [9.17, 15) is 9.18 Å². The first kappa shape index (κ1) is 15.1. The Morgan fingerprint density at radius 3 is 2.43 bits per heavy atom. The molecule has 118 valence electrons. The standard InChI is InChI=1S/C18H15FO4/c1-10-13-9-12(19)5-7-14(13)23-18(20)17(10)11-4-6-15(21-2)16(8-11)22-3/h4-9H,1-3H3. The van der Waals surface area contributed by atoms with Crippen LogP contribution in [0.1, 0.15) is 5.56 Å². The van der Waals surface area contributed by atoms with E-state index in [0.717, 1.165) is 0 Å². The van der Waals surface area contributed by atoms with Crippen LogP contribution in [0.2, 0.25) is 0 Å². The van der Waals surface area contributed by atoms with Crippen LogP contribution in [0.4, 0.5) is 4.39 Å². The Balaban J connectivity index is 2.30. The Hall–Kier alpha value is -2.82. The summed E-state index contributed by atoms with van der Waals surface area (Å²) in [7, 11) is 3.06. The largest absolute Gasteiger partial charge is 0.493 e. The van der Waals surface area contributed by atoms with E-state index >= 15 is 0 Å². The SMILES string of the molecule is COc1ccc(-c2c(C)c3cc(F)ccc3oc2=O)cc1OC. The van der Waals surface area contributed by atoms with Gasteiger partial charge in [-0.3, -0.25) is 0 Å². The number of benzene rings is 2. The number of methoxy groups -OCH3 is 2. The molecule has 0 saturated carbocycles. The van der Waals surface area contributed by atoms with Gasteiger partial charge >= 0.3 is 5.63 Å². The Bertz CT molecular complexity index is 944. The van der Waals surface area contributed by atoms with Gasteiger partial charge < -0.3 is 13.9 Å². The number of hydrogen-bond donors (Lipinski definition) is 0. The normalized spacial score (nSPS) is 10.8. The molecule has 0 bridgehead atoms. The van der Waals surface area contributed by atoms with Gasteiger partial charge in [0.1, 0.15) is 11.4 Å². The molecule has 3 aromatic rings. The summed E-state index contributed by atoms with van der Waals surface area (Å²) in [6.45, 7) is 1.77. The van der Waals surface area contributed by atoms with Crippen molar-refractivity contribution < 1.29 is 18.3 Å². The first-order chi connectivity index (χ1) is 11.0. The van der Waals surface area contributed by atoms with Crippen molar-refractivity contribution in [2.75, 3.05) is 14.2 Å². The summed E-state index contributed by atoms with van der Waals surface area (Å²) in [5.74, 6) is 0.681.